The molecule has 0 aliphatic carbocycles. The third-order valence-corrected chi connectivity index (χ3v) is 3.60. The largest absolute Gasteiger partial charge is 0.456 e. The fourth-order valence-electron chi connectivity index (χ4n) is 1.92. The standard InChI is InChI=1S/C17H19ClN2O3/c1-2-13(21)5-10-20-17(22)12-3-4-16(15(18)11-12)23-14-6-8-19-9-7-14/h3-4,6-9,11,13,21H,2,5,10H2,1H3,(H,20,22). The number of carbonyl (C=O) groups excluding carboxylic acids is 1. The van der Waals surface area contributed by atoms with Crippen molar-refractivity contribution in [1.82, 2.24) is 10.3 Å². The summed E-state index contributed by atoms with van der Waals surface area (Å²) < 4.78 is 5.63. The normalized spacial score (nSPS) is 11.8. The molecule has 1 aromatic heterocycles. The third-order valence-electron chi connectivity index (χ3n) is 3.31. The van der Waals surface area contributed by atoms with Crippen molar-refractivity contribution < 1.29 is 14.6 Å². The number of aliphatic hydroxyl groups is 1. The number of nitrogens with one attached hydrogen (secondary N) is 1. The van der Waals surface area contributed by atoms with Crippen LogP contribution in [0.15, 0.2) is 42.7 Å². The molecule has 122 valence electrons. The highest BCUT2D eigenvalue weighted by molar-refractivity contribution is 6.32. The molecule has 0 saturated heterocycles. The molecule has 1 unspecified atom stereocenters. The molecule has 2 rings (SSSR count). The molecule has 0 saturated carbocycles. The zero-order valence-electron chi connectivity index (χ0n) is 12.8. The van der Waals surface area contributed by atoms with Crippen molar-refractivity contribution in [2.45, 2.75) is 25.9 Å². The highest BCUT2D eigenvalue weighted by atomic mass is 35.5. The van der Waals surface area contributed by atoms with E-state index in [1.165, 1.54) is 0 Å². The predicted octanol–water partition coefficient (Wildman–Crippen LogP) is 3.42. The number of nitrogens with zero attached hydrogens (tertiary/aromatic N) is 1. The molecule has 1 atom stereocenters. The van der Waals surface area contributed by atoms with Gasteiger partial charge in [-0.2, -0.15) is 0 Å². The molecular formula is C17H19ClN2O3. The van der Waals surface area contributed by atoms with Gasteiger partial charge in [-0.3, -0.25) is 9.78 Å². The Morgan fingerprint density at radius 2 is 2.09 bits per heavy atom. The quantitative estimate of drug-likeness (QED) is 0.814. The molecule has 1 heterocycles. The maximum atomic E-state index is 12.0. The van der Waals surface area contributed by atoms with Gasteiger partial charge in [0.2, 0.25) is 0 Å². The number of hydrogen-bond donors (Lipinski definition) is 2. The molecule has 0 aliphatic rings. The van der Waals surface area contributed by atoms with Crippen LogP contribution in [-0.2, 0) is 0 Å². The number of halogens is 1. The molecule has 23 heavy (non-hydrogen) atoms. The van der Waals surface area contributed by atoms with Gasteiger partial charge in [0.25, 0.3) is 5.91 Å². The van der Waals surface area contributed by atoms with E-state index in [-0.39, 0.29) is 5.91 Å². The van der Waals surface area contributed by atoms with Crippen LogP contribution < -0.4 is 10.1 Å². The van der Waals surface area contributed by atoms with Crippen molar-refractivity contribution in [3.63, 3.8) is 0 Å². The minimum absolute atomic E-state index is 0.231. The van der Waals surface area contributed by atoms with Crippen LogP contribution >= 0.6 is 11.6 Å². The summed E-state index contributed by atoms with van der Waals surface area (Å²) in [6, 6.07) is 8.29. The second-order valence-electron chi connectivity index (χ2n) is 5.04. The van der Waals surface area contributed by atoms with Crippen molar-refractivity contribution in [3.05, 3.63) is 53.3 Å². The van der Waals surface area contributed by atoms with Crippen LogP contribution in [0.3, 0.4) is 0 Å². The van der Waals surface area contributed by atoms with E-state index in [2.05, 4.69) is 10.3 Å². The van der Waals surface area contributed by atoms with Gasteiger partial charge in [0.15, 0.2) is 0 Å². The molecule has 0 radical (unpaired) electrons. The molecule has 6 heteroatoms. The minimum atomic E-state index is -0.393. The number of benzene rings is 1. The summed E-state index contributed by atoms with van der Waals surface area (Å²) in [5.74, 6) is 0.856. The van der Waals surface area contributed by atoms with Crippen molar-refractivity contribution in [1.29, 1.82) is 0 Å². The Balaban J connectivity index is 1.97. The molecule has 5 nitrogen and oxygen atoms in total. The van der Waals surface area contributed by atoms with Gasteiger partial charge in [0.1, 0.15) is 11.5 Å². The molecular weight excluding hydrogens is 316 g/mol. The van der Waals surface area contributed by atoms with Crippen LogP contribution in [0.5, 0.6) is 11.5 Å². The Labute approximate surface area is 140 Å². The Hall–Kier alpha value is -2.11. The molecule has 2 aromatic rings. The van der Waals surface area contributed by atoms with Gasteiger partial charge in [-0.1, -0.05) is 18.5 Å². The lowest BCUT2D eigenvalue weighted by Gasteiger charge is -2.11. The van der Waals surface area contributed by atoms with Crippen molar-refractivity contribution in [2.24, 2.45) is 0 Å². The van der Waals surface area contributed by atoms with Gasteiger partial charge >= 0.3 is 0 Å². The van der Waals surface area contributed by atoms with E-state index in [1.54, 1.807) is 42.7 Å². The second-order valence-corrected chi connectivity index (χ2v) is 5.44. The van der Waals surface area contributed by atoms with E-state index in [4.69, 9.17) is 16.3 Å². The maximum absolute atomic E-state index is 12.0. The number of aromatic nitrogens is 1. The number of aliphatic hydroxyl groups excluding tert-OH is 1. The Morgan fingerprint density at radius 1 is 1.35 bits per heavy atom. The van der Waals surface area contributed by atoms with E-state index < -0.39 is 6.10 Å². The fourth-order valence-corrected chi connectivity index (χ4v) is 2.14. The number of amides is 1. The molecule has 1 amide bonds. The van der Waals surface area contributed by atoms with Crippen LogP contribution in [0.2, 0.25) is 5.02 Å². The van der Waals surface area contributed by atoms with Crippen LogP contribution in [0.1, 0.15) is 30.1 Å². The molecule has 0 bridgehead atoms. The van der Waals surface area contributed by atoms with Crippen molar-refractivity contribution >= 4 is 17.5 Å². The predicted molar refractivity (Wildman–Crippen MR) is 89.0 cm³/mol. The number of carbonyl (C=O) groups is 1. The Morgan fingerprint density at radius 3 is 2.74 bits per heavy atom. The van der Waals surface area contributed by atoms with Crippen molar-refractivity contribution in [3.8, 4) is 11.5 Å². The van der Waals surface area contributed by atoms with Gasteiger partial charge < -0.3 is 15.2 Å². The van der Waals surface area contributed by atoms with Gasteiger partial charge in [0.05, 0.1) is 11.1 Å². The summed E-state index contributed by atoms with van der Waals surface area (Å²) in [4.78, 5) is 15.9. The summed E-state index contributed by atoms with van der Waals surface area (Å²) in [6.07, 6.45) is 4.04. The van der Waals surface area contributed by atoms with Crippen LogP contribution in [-0.4, -0.2) is 28.6 Å². The fraction of sp³-hybridized carbons (Fsp3) is 0.294. The summed E-state index contributed by atoms with van der Waals surface area (Å²) in [5, 5.41) is 12.6. The van der Waals surface area contributed by atoms with E-state index in [9.17, 15) is 9.90 Å². The van der Waals surface area contributed by atoms with E-state index in [0.717, 1.165) is 0 Å². The first kappa shape index (κ1) is 17.2. The smallest absolute Gasteiger partial charge is 0.251 e. The highest BCUT2D eigenvalue weighted by Crippen LogP contribution is 2.29. The Kier molecular flexibility index (Phi) is 6.38. The Bertz CT molecular complexity index is 650. The zero-order chi connectivity index (χ0) is 16.7. The lowest BCUT2D eigenvalue weighted by molar-refractivity contribution is 0.0942. The average molecular weight is 335 g/mol. The first-order chi connectivity index (χ1) is 11.1. The summed E-state index contributed by atoms with van der Waals surface area (Å²) in [5.41, 5.74) is 0.447. The molecule has 2 N–H and O–H groups in total. The number of pyridine rings is 1. The van der Waals surface area contributed by atoms with Gasteiger partial charge in [-0.05, 0) is 43.2 Å². The number of hydrogen-bond acceptors (Lipinski definition) is 4. The number of rotatable bonds is 7. The SMILES string of the molecule is CCC(O)CCNC(=O)c1ccc(Oc2ccncc2)c(Cl)c1. The van der Waals surface area contributed by atoms with Crippen LogP contribution in [0.25, 0.3) is 0 Å². The van der Waals surface area contributed by atoms with Crippen LogP contribution in [0, 0.1) is 0 Å². The minimum Gasteiger partial charge on any atom is -0.456 e. The molecule has 0 spiro atoms. The van der Waals surface area contributed by atoms with Gasteiger partial charge in [0, 0.05) is 24.5 Å². The first-order valence-corrected chi connectivity index (χ1v) is 7.81. The molecule has 0 fully saturated rings. The zero-order valence-corrected chi connectivity index (χ0v) is 13.6. The van der Waals surface area contributed by atoms with Crippen LogP contribution in [0.4, 0.5) is 0 Å². The van der Waals surface area contributed by atoms with E-state index in [1.807, 2.05) is 6.92 Å². The topological polar surface area (TPSA) is 71.5 Å². The monoisotopic (exact) mass is 334 g/mol. The summed E-state index contributed by atoms with van der Waals surface area (Å²) >= 11 is 6.17. The average Bonchev–Trinajstić information content (AvgIpc) is 2.57. The van der Waals surface area contributed by atoms with Crippen molar-refractivity contribution in [2.75, 3.05) is 6.54 Å². The van der Waals surface area contributed by atoms with E-state index >= 15 is 0 Å². The lowest BCUT2D eigenvalue weighted by atomic mass is 10.2. The number of ether oxygens (including phenoxy) is 1. The second kappa shape index (κ2) is 8.50. The summed E-state index contributed by atoms with van der Waals surface area (Å²) in [6.45, 7) is 2.31. The first-order valence-electron chi connectivity index (χ1n) is 7.44. The third kappa shape index (κ3) is 5.23. The maximum Gasteiger partial charge on any atom is 0.251 e. The van der Waals surface area contributed by atoms with E-state index in [0.29, 0.717) is 41.5 Å². The molecule has 0 aliphatic heterocycles. The van der Waals surface area contributed by atoms with Gasteiger partial charge in [-0.25, -0.2) is 0 Å². The summed E-state index contributed by atoms with van der Waals surface area (Å²) in [7, 11) is 0. The highest BCUT2D eigenvalue weighted by Gasteiger charge is 2.10. The lowest BCUT2D eigenvalue weighted by Crippen LogP contribution is -2.26. The molecule has 1 aromatic carbocycles. The van der Waals surface area contributed by atoms with Gasteiger partial charge in [-0.15, -0.1) is 0 Å².